The first kappa shape index (κ1) is 13.6. The maximum absolute atomic E-state index is 13.5. The van der Waals surface area contributed by atoms with E-state index < -0.39 is 0 Å². The molecule has 0 aromatic heterocycles. The minimum atomic E-state index is -0.266. The molecule has 2 rings (SSSR count). The third-order valence-corrected chi connectivity index (χ3v) is 5.12. The quantitative estimate of drug-likeness (QED) is 0.652. The fraction of sp³-hybridized carbons (Fsp3) is 0.538. The first-order valence-electron chi connectivity index (χ1n) is 6.04. The molecule has 18 heavy (non-hydrogen) atoms. The van der Waals surface area contributed by atoms with Crippen molar-refractivity contribution >= 4 is 11.8 Å². The van der Waals surface area contributed by atoms with Crippen LogP contribution in [-0.4, -0.2) is 17.6 Å². The Hall–Kier alpha value is -0.780. The Bertz CT molecular complexity index is 421. The van der Waals surface area contributed by atoms with Gasteiger partial charge >= 0.3 is 0 Å². The lowest BCUT2D eigenvalue weighted by Crippen LogP contribution is -2.41. The number of benzene rings is 1. The van der Waals surface area contributed by atoms with Crippen molar-refractivity contribution in [2.75, 3.05) is 12.9 Å². The van der Waals surface area contributed by atoms with Gasteiger partial charge in [0.2, 0.25) is 0 Å². The number of halogens is 1. The van der Waals surface area contributed by atoms with E-state index in [9.17, 15) is 4.39 Å². The maximum atomic E-state index is 13.5. The minimum Gasteiger partial charge on any atom is -0.496 e. The highest BCUT2D eigenvalue weighted by molar-refractivity contribution is 8.00. The zero-order valence-electron chi connectivity index (χ0n) is 10.7. The number of hydrogen-bond acceptors (Lipinski definition) is 4. The summed E-state index contributed by atoms with van der Waals surface area (Å²) >= 11 is 1.88. The van der Waals surface area contributed by atoms with Crippen LogP contribution >= 0.6 is 11.8 Å². The summed E-state index contributed by atoms with van der Waals surface area (Å²) in [5, 5.41) is 0. The molecule has 1 fully saturated rings. The molecule has 1 aliphatic heterocycles. The predicted octanol–water partition coefficient (Wildman–Crippen LogP) is 2.62. The van der Waals surface area contributed by atoms with E-state index in [1.807, 2.05) is 11.8 Å². The number of nitrogens with two attached hydrogens (primary N) is 1. The van der Waals surface area contributed by atoms with Gasteiger partial charge in [-0.25, -0.2) is 4.39 Å². The average Bonchev–Trinajstić information content (AvgIpc) is 2.78. The van der Waals surface area contributed by atoms with Crippen molar-refractivity contribution in [1.29, 1.82) is 0 Å². The Morgan fingerprint density at radius 3 is 2.89 bits per heavy atom. The number of methoxy groups -OCH3 is 1. The largest absolute Gasteiger partial charge is 0.496 e. The van der Waals surface area contributed by atoms with Gasteiger partial charge in [0.15, 0.2) is 0 Å². The van der Waals surface area contributed by atoms with Gasteiger partial charge in [0.25, 0.3) is 0 Å². The number of thioether (sulfide) groups is 1. The van der Waals surface area contributed by atoms with Crippen molar-refractivity contribution in [3.05, 3.63) is 29.6 Å². The van der Waals surface area contributed by atoms with Crippen LogP contribution in [-0.2, 0) is 0 Å². The van der Waals surface area contributed by atoms with Crippen LogP contribution in [0.4, 0.5) is 4.39 Å². The molecule has 3 nitrogen and oxygen atoms in total. The van der Waals surface area contributed by atoms with Crippen LogP contribution in [0.3, 0.4) is 0 Å². The number of rotatable bonds is 4. The second-order valence-corrected chi connectivity index (χ2v) is 6.38. The van der Waals surface area contributed by atoms with E-state index >= 15 is 0 Å². The van der Waals surface area contributed by atoms with Gasteiger partial charge in [0.1, 0.15) is 11.6 Å². The SMILES string of the molecule is COc1ccc(F)cc1C(NN)C1(C)CCCS1. The van der Waals surface area contributed by atoms with Gasteiger partial charge in [-0.05, 0) is 43.7 Å². The van der Waals surface area contributed by atoms with Crippen LogP contribution in [0.5, 0.6) is 5.75 Å². The molecule has 1 heterocycles. The lowest BCUT2D eigenvalue weighted by Gasteiger charge is -2.33. The lowest BCUT2D eigenvalue weighted by molar-refractivity contribution is 0.373. The summed E-state index contributed by atoms with van der Waals surface area (Å²) in [6.45, 7) is 2.17. The van der Waals surface area contributed by atoms with Gasteiger partial charge in [-0.2, -0.15) is 11.8 Å². The van der Waals surface area contributed by atoms with Crippen molar-refractivity contribution in [1.82, 2.24) is 5.43 Å². The van der Waals surface area contributed by atoms with E-state index in [1.54, 1.807) is 13.2 Å². The second kappa shape index (κ2) is 5.47. The summed E-state index contributed by atoms with van der Waals surface area (Å²) in [5.41, 5.74) is 3.62. The van der Waals surface area contributed by atoms with Gasteiger partial charge in [-0.3, -0.25) is 11.3 Å². The van der Waals surface area contributed by atoms with Gasteiger partial charge in [0.05, 0.1) is 13.2 Å². The predicted molar refractivity (Wildman–Crippen MR) is 73.1 cm³/mol. The van der Waals surface area contributed by atoms with Crippen molar-refractivity contribution in [3.8, 4) is 5.75 Å². The van der Waals surface area contributed by atoms with Crippen LogP contribution in [0, 0.1) is 5.82 Å². The fourth-order valence-corrected chi connectivity index (χ4v) is 3.96. The van der Waals surface area contributed by atoms with E-state index in [0.29, 0.717) is 5.75 Å². The van der Waals surface area contributed by atoms with E-state index in [2.05, 4.69) is 12.3 Å². The Morgan fingerprint density at radius 1 is 1.56 bits per heavy atom. The molecule has 1 aliphatic rings. The number of hydrazine groups is 1. The fourth-order valence-electron chi connectivity index (χ4n) is 2.55. The standard InChI is InChI=1S/C13H19FN2OS/c1-13(6-3-7-18-13)12(16-15)10-8-9(14)4-5-11(10)17-2/h4-5,8,12,16H,3,6-7,15H2,1-2H3. The van der Waals surface area contributed by atoms with Crippen LogP contribution in [0.1, 0.15) is 31.4 Å². The monoisotopic (exact) mass is 270 g/mol. The molecule has 0 bridgehead atoms. The number of nitrogens with one attached hydrogen (secondary N) is 1. The van der Waals surface area contributed by atoms with Gasteiger partial charge < -0.3 is 4.74 Å². The molecule has 1 aromatic rings. The number of hydrogen-bond donors (Lipinski definition) is 2. The Morgan fingerprint density at radius 2 is 2.33 bits per heavy atom. The Kier molecular flexibility index (Phi) is 4.14. The second-order valence-electron chi connectivity index (χ2n) is 4.75. The molecule has 5 heteroatoms. The van der Waals surface area contributed by atoms with E-state index in [0.717, 1.165) is 24.2 Å². The molecule has 2 unspecified atom stereocenters. The average molecular weight is 270 g/mol. The smallest absolute Gasteiger partial charge is 0.123 e. The van der Waals surface area contributed by atoms with Crippen LogP contribution in [0.25, 0.3) is 0 Å². The molecular formula is C13H19FN2OS. The zero-order chi connectivity index (χ0) is 13.2. The van der Waals surface area contributed by atoms with E-state index in [-0.39, 0.29) is 16.6 Å². The summed E-state index contributed by atoms with van der Waals surface area (Å²) in [6, 6.07) is 4.45. The highest BCUT2D eigenvalue weighted by Gasteiger charge is 2.39. The first-order valence-corrected chi connectivity index (χ1v) is 7.03. The molecule has 2 atom stereocenters. The Balaban J connectivity index is 2.40. The molecule has 1 saturated heterocycles. The minimum absolute atomic E-state index is 0.0180. The molecule has 0 aliphatic carbocycles. The lowest BCUT2D eigenvalue weighted by atomic mass is 9.90. The van der Waals surface area contributed by atoms with E-state index in [1.165, 1.54) is 12.1 Å². The molecule has 0 spiro atoms. The van der Waals surface area contributed by atoms with Crippen LogP contribution < -0.4 is 16.0 Å². The molecule has 0 saturated carbocycles. The zero-order valence-corrected chi connectivity index (χ0v) is 11.5. The summed E-state index contributed by atoms with van der Waals surface area (Å²) < 4.78 is 18.8. The third kappa shape index (κ3) is 2.48. The molecule has 3 N–H and O–H groups in total. The first-order chi connectivity index (χ1) is 8.60. The summed E-state index contributed by atoms with van der Waals surface area (Å²) in [7, 11) is 1.59. The topological polar surface area (TPSA) is 47.3 Å². The van der Waals surface area contributed by atoms with Gasteiger partial charge in [0, 0.05) is 10.3 Å². The highest BCUT2D eigenvalue weighted by Crippen LogP contribution is 2.48. The van der Waals surface area contributed by atoms with Crippen LogP contribution in [0.2, 0.25) is 0 Å². The third-order valence-electron chi connectivity index (χ3n) is 3.53. The maximum Gasteiger partial charge on any atom is 0.123 e. The molecule has 0 radical (unpaired) electrons. The van der Waals surface area contributed by atoms with E-state index in [4.69, 9.17) is 10.6 Å². The summed E-state index contributed by atoms with van der Waals surface area (Å²) in [5.74, 6) is 7.23. The molecule has 100 valence electrons. The highest BCUT2D eigenvalue weighted by atomic mass is 32.2. The molecule has 0 amide bonds. The van der Waals surface area contributed by atoms with Crippen molar-refractivity contribution < 1.29 is 9.13 Å². The van der Waals surface area contributed by atoms with Gasteiger partial charge in [-0.1, -0.05) is 0 Å². The summed E-state index contributed by atoms with van der Waals surface area (Å²) in [6.07, 6.45) is 2.23. The Labute approximate surface area is 111 Å². The number of ether oxygens (including phenoxy) is 1. The van der Waals surface area contributed by atoms with Crippen LogP contribution in [0.15, 0.2) is 18.2 Å². The molecule has 1 aromatic carbocycles. The van der Waals surface area contributed by atoms with Crippen molar-refractivity contribution in [2.45, 2.75) is 30.6 Å². The van der Waals surface area contributed by atoms with Crippen molar-refractivity contribution in [2.24, 2.45) is 5.84 Å². The molecular weight excluding hydrogens is 251 g/mol. The van der Waals surface area contributed by atoms with Crippen molar-refractivity contribution in [3.63, 3.8) is 0 Å². The van der Waals surface area contributed by atoms with Gasteiger partial charge in [-0.15, -0.1) is 0 Å². The summed E-state index contributed by atoms with van der Waals surface area (Å²) in [4.78, 5) is 0. The normalized spacial score (nSPS) is 25.1.